The molecule has 36 heavy (non-hydrogen) atoms. The Kier molecular flexibility index (Phi) is 5.97. The standard InChI is InChI=1S/C28H27FN2O4S/c1-28(2,3)35-27(32)31-24-10-6-4-8-19(24)17-25(31)20-13-12-18-15-22(16-21(18)14-20)30-36(33,34)26-11-7-5-9-23(26)29/h4-14,17,22,30H,15-16H2,1-3H3. The maximum atomic E-state index is 14.1. The van der Waals surface area contributed by atoms with Gasteiger partial charge in [-0.2, -0.15) is 0 Å². The van der Waals surface area contributed by atoms with E-state index in [4.69, 9.17) is 4.74 Å². The number of hydrogen-bond donors (Lipinski definition) is 1. The van der Waals surface area contributed by atoms with E-state index >= 15 is 0 Å². The van der Waals surface area contributed by atoms with Crippen LogP contribution in [0.2, 0.25) is 0 Å². The zero-order valence-corrected chi connectivity index (χ0v) is 21.1. The molecular formula is C28H27FN2O4S. The molecule has 1 unspecified atom stereocenters. The first-order valence-corrected chi connectivity index (χ1v) is 13.2. The zero-order valence-electron chi connectivity index (χ0n) is 20.3. The summed E-state index contributed by atoms with van der Waals surface area (Å²) >= 11 is 0. The van der Waals surface area contributed by atoms with Crippen LogP contribution >= 0.6 is 0 Å². The molecule has 1 N–H and O–H groups in total. The first-order chi connectivity index (χ1) is 17.0. The van der Waals surface area contributed by atoms with Crippen LogP contribution in [0, 0.1) is 5.82 Å². The summed E-state index contributed by atoms with van der Waals surface area (Å²) in [6.07, 6.45) is 0.497. The monoisotopic (exact) mass is 506 g/mol. The van der Waals surface area contributed by atoms with Crippen molar-refractivity contribution in [3.63, 3.8) is 0 Å². The third-order valence-corrected chi connectivity index (χ3v) is 7.72. The van der Waals surface area contributed by atoms with E-state index in [-0.39, 0.29) is 4.90 Å². The van der Waals surface area contributed by atoms with Gasteiger partial charge in [0.15, 0.2) is 0 Å². The second-order valence-electron chi connectivity index (χ2n) is 10.0. The van der Waals surface area contributed by atoms with Crippen molar-refractivity contribution in [3.05, 3.63) is 89.7 Å². The van der Waals surface area contributed by atoms with Crippen LogP contribution in [-0.4, -0.2) is 30.7 Å². The number of nitrogens with zero attached hydrogens (tertiary/aromatic N) is 1. The van der Waals surface area contributed by atoms with Crippen LogP contribution in [0.5, 0.6) is 0 Å². The summed E-state index contributed by atoms with van der Waals surface area (Å²) in [4.78, 5) is 12.8. The highest BCUT2D eigenvalue weighted by molar-refractivity contribution is 7.89. The van der Waals surface area contributed by atoms with Gasteiger partial charge in [-0.3, -0.25) is 0 Å². The van der Waals surface area contributed by atoms with E-state index in [9.17, 15) is 17.6 Å². The van der Waals surface area contributed by atoms with Gasteiger partial charge in [0.1, 0.15) is 16.3 Å². The Hall–Kier alpha value is -3.49. The van der Waals surface area contributed by atoms with Crippen molar-refractivity contribution >= 4 is 27.0 Å². The molecule has 1 heterocycles. The van der Waals surface area contributed by atoms with Crippen LogP contribution in [0.15, 0.2) is 77.7 Å². The summed E-state index contributed by atoms with van der Waals surface area (Å²) in [6.45, 7) is 5.48. The fraction of sp³-hybridized carbons (Fsp3) is 0.250. The molecule has 1 atom stereocenters. The summed E-state index contributed by atoms with van der Waals surface area (Å²) in [7, 11) is -4.00. The third kappa shape index (κ3) is 4.66. The van der Waals surface area contributed by atoms with E-state index in [0.717, 1.165) is 33.7 Å². The van der Waals surface area contributed by atoms with E-state index in [1.807, 2.05) is 69.3 Å². The molecule has 0 saturated heterocycles. The molecule has 6 nitrogen and oxygen atoms in total. The van der Waals surface area contributed by atoms with Gasteiger partial charge in [-0.1, -0.05) is 42.5 Å². The van der Waals surface area contributed by atoms with Crippen molar-refractivity contribution in [1.29, 1.82) is 0 Å². The third-order valence-electron chi connectivity index (χ3n) is 6.17. The first-order valence-electron chi connectivity index (χ1n) is 11.7. The summed E-state index contributed by atoms with van der Waals surface area (Å²) in [5.74, 6) is -0.780. The van der Waals surface area contributed by atoms with Gasteiger partial charge in [0.25, 0.3) is 0 Å². The second-order valence-corrected chi connectivity index (χ2v) is 11.7. The smallest absolute Gasteiger partial charge is 0.419 e. The Morgan fingerprint density at radius 3 is 2.42 bits per heavy atom. The summed E-state index contributed by atoms with van der Waals surface area (Å²) < 4.78 is 49.6. The first kappa shape index (κ1) is 24.2. The molecule has 5 rings (SSSR count). The number of para-hydroxylation sites is 1. The minimum absolute atomic E-state index is 0.358. The van der Waals surface area contributed by atoms with Crippen molar-refractivity contribution in [3.8, 4) is 11.3 Å². The minimum atomic E-state index is -4.00. The lowest BCUT2D eigenvalue weighted by atomic mass is 10.0. The van der Waals surface area contributed by atoms with Crippen LogP contribution in [0.25, 0.3) is 22.2 Å². The molecule has 4 aromatic rings. The lowest BCUT2D eigenvalue weighted by molar-refractivity contribution is 0.0547. The van der Waals surface area contributed by atoms with E-state index in [1.54, 1.807) is 4.57 Å². The molecule has 0 saturated carbocycles. The fourth-order valence-corrected chi connectivity index (χ4v) is 5.99. The SMILES string of the molecule is CC(C)(C)OC(=O)n1c(-c2ccc3c(c2)CC(NS(=O)(=O)c2ccccc2F)C3)cc2ccccc21. The predicted octanol–water partition coefficient (Wildman–Crippen LogP) is 5.68. The molecule has 1 aliphatic carbocycles. The number of ether oxygens (including phenoxy) is 1. The number of carbonyl (C=O) groups excluding carboxylic acids is 1. The largest absolute Gasteiger partial charge is 0.443 e. The number of hydrogen-bond acceptors (Lipinski definition) is 4. The lowest BCUT2D eigenvalue weighted by Crippen LogP contribution is -2.35. The van der Waals surface area contributed by atoms with Gasteiger partial charge in [0.2, 0.25) is 10.0 Å². The van der Waals surface area contributed by atoms with Crippen molar-refractivity contribution in [2.75, 3.05) is 0 Å². The zero-order chi connectivity index (χ0) is 25.7. The molecule has 0 bridgehead atoms. The van der Waals surface area contributed by atoms with Gasteiger partial charge in [0, 0.05) is 11.4 Å². The molecule has 0 aliphatic heterocycles. The number of benzene rings is 3. The average molecular weight is 507 g/mol. The average Bonchev–Trinajstić information content (AvgIpc) is 3.37. The molecule has 3 aromatic carbocycles. The Bertz CT molecular complexity index is 1580. The van der Waals surface area contributed by atoms with Crippen LogP contribution in [-0.2, 0) is 27.6 Å². The van der Waals surface area contributed by atoms with Crippen LogP contribution < -0.4 is 4.72 Å². The molecule has 0 fully saturated rings. The maximum Gasteiger partial charge on any atom is 0.419 e. The number of carbonyl (C=O) groups is 1. The molecule has 0 spiro atoms. The number of fused-ring (bicyclic) bond motifs is 2. The van der Waals surface area contributed by atoms with Gasteiger partial charge in [-0.15, -0.1) is 0 Å². The fourth-order valence-electron chi connectivity index (χ4n) is 4.68. The molecule has 0 radical (unpaired) electrons. The molecule has 186 valence electrons. The van der Waals surface area contributed by atoms with Crippen molar-refractivity contribution in [1.82, 2.24) is 9.29 Å². The van der Waals surface area contributed by atoms with Gasteiger partial charge in [-0.25, -0.2) is 26.9 Å². The van der Waals surface area contributed by atoms with Crippen molar-refractivity contribution in [2.24, 2.45) is 0 Å². The maximum absolute atomic E-state index is 14.1. The molecule has 8 heteroatoms. The Morgan fingerprint density at radius 1 is 0.972 bits per heavy atom. The topological polar surface area (TPSA) is 77.4 Å². The van der Waals surface area contributed by atoms with Crippen LogP contribution in [0.1, 0.15) is 31.9 Å². The number of halogens is 1. The molecule has 1 aliphatic rings. The normalized spacial score (nSPS) is 15.7. The van der Waals surface area contributed by atoms with E-state index < -0.39 is 33.6 Å². The highest BCUT2D eigenvalue weighted by atomic mass is 32.2. The van der Waals surface area contributed by atoms with E-state index in [0.29, 0.717) is 18.5 Å². The highest BCUT2D eigenvalue weighted by Crippen LogP contribution is 2.33. The van der Waals surface area contributed by atoms with Gasteiger partial charge >= 0.3 is 6.09 Å². The van der Waals surface area contributed by atoms with Gasteiger partial charge in [-0.05, 0) is 80.6 Å². The number of rotatable bonds is 4. The molecular weight excluding hydrogens is 479 g/mol. The van der Waals surface area contributed by atoms with Crippen molar-refractivity contribution in [2.45, 2.75) is 50.2 Å². The molecule has 0 amide bonds. The lowest BCUT2D eigenvalue weighted by Gasteiger charge is -2.21. The van der Waals surface area contributed by atoms with Crippen molar-refractivity contribution < 1.29 is 22.3 Å². The Labute approximate surface area is 209 Å². The summed E-state index contributed by atoms with van der Waals surface area (Å²) in [5.41, 5.74) is 3.62. The Morgan fingerprint density at radius 2 is 1.67 bits per heavy atom. The summed E-state index contributed by atoms with van der Waals surface area (Å²) in [5, 5.41) is 0.911. The minimum Gasteiger partial charge on any atom is -0.443 e. The number of sulfonamides is 1. The van der Waals surface area contributed by atoms with Crippen LogP contribution in [0.4, 0.5) is 9.18 Å². The quantitative estimate of drug-likeness (QED) is 0.387. The number of aromatic nitrogens is 1. The summed E-state index contributed by atoms with van der Waals surface area (Å²) in [6, 6.07) is 20.4. The van der Waals surface area contributed by atoms with Crippen LogP contribution in [0.3, 0.4) is 0 Å². The van der Waals surface area contributed by atoms with E-state index in [1.165, 1.54) is 18.2 Å². The highest BCUT2D eigenvalue weighted by Gasteiger charge is 2.29. The molecule has 1 aromatic heterocycles. The van der Waals surface area contributed by atoms with Gasteiger partial charge in [0.05, 0.1) is 11.2 Å². The number of nitrogens with one attached hydrogen (secondary N) is 1. The Balaban J connectivity index is 1.46. The van der Waals surface area contributed by atoms with Gasteiger partial charge < -0.3 is 4.74 Å². The second kappa shape index (κ2) is 8.87. The predicted molar refractivity (Wildman–Crippen MR) is 137 cm³/mol. The van der Waals surface area contributed by atoms with E-state index in [2.05, 4.69) is 4.72 Å².